The van der Waals surface area contributed by atoms with Crippen LogP contribution in [0.1, 0.15) is 12.8 Å². The summed E-state index contributed by atoms with van der Waals surface area (Å²) in [6, 6.07) is -0.612. The van der Waals surface area contributed by atoms with Crippen LogP contribution >= 0.6 is 0 Å². The molecule has 0 saturated carbocycles. The molecule has 0 heterocycles. The zero-order valence-electron chi connectivity index (χ0n) is 9.70. The highest BCUT2D eigenvalue weighted by molar-refractivity contribution is 5.81. The van der Waals surface area contributed by atoms with Gasteiger partial charge in [0.2, 0.25) is 5.91 Å². The fourth-order valence-electron chi connectivity index (χ4n) is 0.981. The summed E-state index contributed by atoms with van der Waals surface area (Å²) in [4.78, 5) is 11.3. The Morgan fingerprint density at radius 1 is 1.50 bits per heavy atom. The summed E-state index contributed by atoms with van der Waals surface area (Å²) >= 11 is 0. The van der Waals surface area contributed by atoms with Gasteiger partial charge in [-0.1, -0.05) is 0 Å². The Labute approximate surface area is 96.7 Å². The Kier molecular flexibility index (Phi) is 9.72. The van der Waals surface area contributed by atoms with Gasteiger partial charge in [0, 0.05) is 26.7 Å². The zero-order chi connectivity index (χ0) is 12.2. The van der Waals surface area contributed by atoms with E-state index < -0.39 is 6.04 Å². The molecule has 0 spiro atoms. The van der Waals surface area contributed by atoms with Crippen molar-refractivity contribution in [3.8, 4) is 12.3 Å². The van der Waals surface area contributed by atoms with Crippen LogP contribution in [0, 0.1) is 12.3 Å². The predicted molar refractivity (Wildman–Crippen MR) is 61.7 cm³/mol. The van der Waals surface area contributed by atoms with E-state index in [9.17, 15) is 4.79 Å². The molecule has 1 amide bonds. The number of nitrogens with two attached hydrogens (primary N) is 1. The number of amides is 1. The van der Waals surface area contributed by atoms with E-state index in [2.05, 4.69) is 11.2 Å². The van der Waals surface area contributed by atoms with Gasteiger partial charge in [-0.2, -0.15) is 0 Å². The van der Waals surface area contributed by atoms with Crippen molar-refractivity contribution in [2.75, 3.05) is 33.5 Å². The highest BCUT2D eigenvalue weighted by Gasteiger charge is 2.10. The first kappa shape index (κ1) is 14.9. The standard InChI is InChI=1S/C11H20N2O3/c1-3-5-10(12)11(14)13-6-4-7-16-9-8-15-2/h1,10H,4-9,12H2,2H3,(H,13,14). The maximum absolute atomic E-state index is 11.3. The minimum absolute atomic E-state index is 0.213. The molecule has 0 aliphatic carbocycles. The van der Waals surface area contributed by atoms with E-state index in [1.54, 1.807) is 7.11 Å². The molecule has 92 valence electrons. The van der Waals surface area contributed by atoms with Gasteiger partial charge in [0.25, 0.3) is 0 Å². The van der Waals surface area contributed by atoms with Gasteiger partial charge in [-0.05, 0) is 6.42 Å². The van der Waals surface area contributed by atoms with E-state index in [4.69, 9.17) is 21.6 Å². The normalized spacial score (nSPS) is 11.8. The molecule has 0 aromatic rings. The van der Waals surface area contributed by atoms with Crippen LogP contribution in [0.5, 0.6) is 0 Å². The van der Waals surface area contributed by atoms with Crippen molar-refractivity contribution in [3.63, 3.8) is 0 Å². The van der Waals surface area contributed by atoms with E-state index in [-0.39, 0.29) is 12.3 Å². The quantitative estimate of drug-likeness (QED) is 0.412. The van der Waals surface area contributed by atoms with Crippen LogP contribution in [0.25, 0.3) is 0 Å². The van der Waals surface area contributed by atoms with Gasteiger partial charge >= 0.3 is 0 Å². The van der Waals surface area contributed by atoms with Crippen LogP contribution in [0.4, 0.5) is 0 Å². The fourth-order valence-corrected chi connectivity index (χ4v) is 0.981. The summed E-state index contributed by atoms with van der Waals surface area (Å²) in [6.07, 6.45) is 6.06. The Hall–Kier alpha value is -1.09. The molecule has 0 aliphatic rings. The molecule has 0 bridgehead atoms. The van der Waals surface area contributed by atoms with Gasteiger partial charge in [0.1, 0.15) is 0 Å². The van der Waals surface area contributed by atoms with Crippen molar-refractivity contribution < 1.29 is 14.3 Å². The SMILES string of the molecule is C#CCC(N)C(=O)NCCCOCCOC. The number of methoxy groups -OCH3 is 1. The number of terminal acetylenes is 1. The lowest BCUT2D eigenvalue weighted by Crippen LogP contribution is -2.40. The number of hydrogen-bond donors (Lipinski definition) is 2. The smallest absolute Gasteiger partial charge is 0.237 e. The van der Waals surface area contributed by atoms with Crippen LogP contribution in [0.15, 0.2) is 0 Å². The van der Waals surface area contributed by atoms with Crippen molar-refractivity contribution in [2.45, 2.75) is 18.9 Å². The molecule has 0 saturated heterocycles. The van der Waals surface area contributed by atoms with E-state index in [0.29, 0.717) is 26.4 Å². The average molecular weight is 228 g/mol. The highest BCUT2D eigenvalue weighted by atomic mass is 16.5. The van der Waals surface area contributed by atoms with E-state index in [1.165, 1.54) is 0 Å². The molecule has 5 heteroatoms. The van der Waals surface area contributed by atoms with Crippen molar-refractivity contribution >= 4 is 5.91 Å². The largest absolute Gasteiger partial charge is 0.382 e. The lowest BCUT2D eigenvalue weighted by atomic mass is 10.2. The number of nitrogens with one attached hydrogen (secondary N) is 1. The molecule has 0 aliphatic heterocycles. The third-order valence-corrected chi connectivity index (χ3v) is 1.87. The second-order valence-corrected chi connectivity index (χ2v) is 3.26. The van der Waals surface area contributed by atoms with Crippen molar-refractivity contribution in [1.82, 2.24) is 5.32 Å². The Balaban J connectivity index is 3.31. The maximum atomic E-state index is 11.3. The van der Waals surface area contributed by atoms with Gasteiger partial charge in [0.05, 0.1) is 19.3 Å². The van der Waals surface area contributed by atoms with Crippen molar-refractivity contribution in [1.29, 1.82) is 0 Å². The molecule has 0 radical (unpaired) electrons. The minimum Gasteiger partial charge on any atom is -0.382 e. The molecule has 1 unspecified atom stereocenters. The first-order valence-corrected chi connectivity index (χ1v) is 5.25. The fraction of sp³-hybridized carbons (Fsp3) is 0.727. The summed E-state index contributed by atoms with van der Waals surface area (Å²) in [5.74, 6) is 2.14. The molecule has 0 fully saturated rings. The third-order valence-electron chi connectivity index (χ3n) is 1.87. The molecule has 0 aromatic heterocycles. The predicted octanol–water partition coefficient (Wildman–Crippen LogP) is -0.494. The Bertz CT molecular complexity index is 226. The second-order valence-electron chi connectivity index (χ2n) is 3.26. The second kappa shape index (κ2) is 10.4. The topological polar surface area (TPSA) is 73.6 Å². The molecule has 0 rings (SSSR count). The maximum Gasteiger partial charge on any atom is 0.237 e. The summed E-state index contributed by atoms with van der Waals surface area (Å²) < 4.78 is 10.0. The molecular weight excluding hydrogens is 208 g/mol. The molecule has 3 N–H and O–H groups in total. The molecule has 5 nitrogen and oxygen atoms in total. The molecule has 16 heavy (non-hydrogen) atoms. The summed E-state index contributed by atoms with van der Waals surface area (Å²) in [6.45, 7) is 2.29. The Morgan fingerprint density at radius 2 is 2.25 bits per heavy atom. The van der Waals surface area contributed by atoms with Gasteiger partial charge in [-0.25, -0.2) is 0 Å². The Morgan fingerprint density at radius 3 is 2.88 bits per heavy atom. The van der Waals surface area contributed by atoms with Crippen LogP contribution in [-0.4, -0.2) is 45.4 Å². The van der Waals surface area contributed by atoms with Crippen molar-refractivity contribution in [3.05, 3.63) is 0 Å². The highest BCUT2D eigenvalue weighted by Crippen LogP contribution is 1.87. The van der Waals surface area contributed by atoms with Crippen LogP contribution in [0.2, 0.25) is 0 Å². The van der Waals surface area contributed by atoms with Gasteiger partial charge < -0.3 is 20.5 Å². The lowest BCUT2D eigenvalue weighted by Gasteiger charge is -2.09. The van der Waals surface area contributed by atoms with Crippen molar-refractivity contribution in [2.24, 2.45) is 5.73 Å². The van der Waals surface area contributed by atoms with Crippen LogP contribution < -0.4 is 11.1 Å². The van der Waals surface area contributed by atoms with E-state index in [1.807, 2.05) is 0 Å². The number of carbonyl (C=O) groups is 1. The van der Waals surface area contributed by atoms with Crippen LogP contribution in [0.3, 0.4) is 0 Å². The lowest BCUT2D eigenvalue weighted by molar-refractivity contribution is -0.122. The zero-order valence-corrected chi connectivity index (χ0v) is 9.70. The number of ether oxygens (including phenoxy) is 2. The average Bonchev–Trinajstić information content (AvgIpc) is 2.28. The number of carbonyl (C=O) groups excluding carboxylic acids is 1. The number of rotatable bonds is 9. The first-order chi connectivity index (χ1) is 7.72. The molecule has 1 atom stereocenters. The number of hydrogen-bond acceptors (Lipinski definition) is 4. The first-order valence-electron chi connectivity index (χ1n) is 5.25. The molecular formula is C11H20N2O3. The van der Waals surface area contributed by atoms with E-state index in [0.717, 1.165) is 6.42 Å². The molecule has 0 aromatic carbocycles. The summed E-state index contributed by atoms with van der Waals surface area (Å²) in [7, 11) is 1.62. The minimum atomic E-state index is -0.612. The van der Waals surface area contributed by atoms with Gasteiger partial charge in [-0.15, -0.1) is 12.3 Å². The van der Waals surface area contributed by atoms with E-state index >= 15 is 0 Å². The summed E-state index contributed by atoms with van der Waals surface area (Å²) in [5, 5.41) is 2.69. The third kappa shape index (κ3) is 8.24. The monoisotopic (exact) mass is 228 g/mol. The summed E-state index contributed by atoms with van der Waals surface area (Å²) in [5.41, 5.74) is 5.51. The van der Waals surface area contributed by atoms with Crippen LogP contribution in [-0.2, 0) is 14.3 Å². The van der Waals surface area contributed by atoms with Gasteiger partial charge in [0.15, 0.2) is 0 Å². The van der Waals surface area contributed by atoms with Gasteiger partial charge in [-0.3, -0.25) is 4.79 Å².